The van der Waals surface area contributed by atoms with Gasteiger partial charge in [0.05, 0.1) is 0 Å². The Morgan fingerprint density at radius 3 is 2.22 bits per heavy atom. The molecule has 4 rings (SSSR count). The first kappa shape index (κ1) is 21.6. The van der Waals surface area contributed by atoms with Crippen LogP contribution >= 0.6 is 22.6 Å². The maximum atomic E-state index is 12.5. The summed E-state index contributed by atoms with van der Waals surface area (Å²) in [5.74, 6) is 0.761. The lowest BCUT2D eigenvalue weighted by atomic mass is 10.2. The molecule has 2 amide bonds. The van der Waals surface area contributed by atoms with Crippen LogP contribution in [0, 0.1) is 3.57 Å². The van der Waals surface area contributed by atoms with E-state index >= 15 is 0 Å². The number of anilines is 2. The van der Waals surface area contributed by atoms with E-state index in [1.165, 1.54) is 0 Å². The van der Waals surface area contributed by atoms with Gasteiger partial charge in [-0.1, -0.05) is 0 Å². The highest BCUT2D eigenvalue weighted by molar-refractivity contribution is 14.1. The van der Waals surface area contributed by atoms with Gasteiger partial charge < -0.3 is 19.8 Å². The zero-order valence-electron chi connectivity index (χ0n) is 17.0. The Hall–Kier alpha value is -3.60. The van der Waals surface area contributed by atoms with Crippen LogP contribution in [0.4, 0.5) is 11.4 Å². The summed E-state index contributed by atoms with van der Waals surface area (Å²) in [5, 5.41) is 9.58. The first-order valence-electron chi connectivity index (χ1n) is 9.66. The molecule has 0 saturated carbocycles. The molecule has 0 spiro atoms. The summed E-state index contributed by atoms with van der Waals surface area (Å²) < 4.78 is 13.9. The average molecular weight is 542 g/mol. The number of nitrogens with zero attached hydrogens (tertiary/aromatic N) is 2. The van der Waals surface area contributed by atoms with Crippen LogP contribution in [0.5, 0.6) is 5.75 Å². The van der Waals surface area contributed by atoms with E-state index in [0.29, 0.717) is 22.8 Å². The van der Waals surface area contributed by atoms with E-state index in [4.69, 9.17) is 9.15 Å². The second-order valence-electron chi connectivity index (χ2n) is 6.87. The molecule has 2 aromatic heterocycles. The summed E-state index contributed by atoms with van der Waals surface area (Å²) in [6.07, 6.45) is 1.70. The maximum Gasteiger partial charge on any atom is 0.291 e. The highest BCUT2D eigenvalue weighted by Crippen LogP contribution is 2.18. The predicted octanol–water partition coefficient (Wildman–Crippen LogP) is 4.70. The number of hydrogen-bond acceptors (Lipinski definition) is 5. The fraction of sp³-hybridized carbons (Fsp3) is 0.0870. The van der Waals surface area contributed by atoms with Crippen LogP contribution in [0.2, 0.25) is 0 Å². The van der Waals surface area contributed by atoms with E-state index < -0.39 is 0 Å². The Kier molecular flexibility index (Phi) is 6.55. The lowest BCUT2D eigenvalue weighted by molar-refractivity contribution is 0.0990. The molecule has 0 fully saturated rings. The average Bonchev–Trinajstić information content (AvgIpc) is 3.44. The number of ether oxygens (including phenoxy) is 1. The van der Waals surface area contributed by atoms with Crippen molar-refractivity contribution in [2.24, 2.45) is 7.05 Å². The van der Waals surface area contributed by atoms with E-state index in [9.17, 15) is 9.59 Å². The number of aromatic nitrogens is 2. The highest BCUT2D eigenvalue weighted by Gasteiger charge is 2.13. The van der Waals surface area contributed by atoms with Gasteiger partial charge in [0.25, 0.3) is 11.8 Å². The minimum Gasteiger partial charge on any atom is -0.486 e. The molecule has 0 saturated heterocycles. The van der Waals surface area contributed by atoms with Crippen molar-refractivity contribution >= 4 is 45.8 Å². The minimum absolute atomic E-state index is 0.179. The van der Waals surface area contributed by atoms with Crippen LogP contribution in [-0.4, -0.2) is 21.6 Å². The van der Waals surface area contributed by atoms with Gasteiger partial charge >= 0.3 is 0 Å². The van der Waals surface area contributed by atoms with E-state index in [0.717, 1.165) is 9.32 Å². The lowest BCUT2D eigenvalue weighted by Crippen LogP contribution is -2.13. The minimum atomic E-state index is -0.379. The smallest absolute Gasteiger partial charge is 0.291 e. The van der Waals surface area contributed by atoms with Crippen LogP contribution in [0.3, 0.4) is 0 Å². The quantitative estimate of drug-likeness (QED) is 0.330. The summed E-state index contributed by atoms with van der Waals surface area (Å²) in [7, 11) is 1.74. The number of halogens is 1. The van der Waals surface area contributed by atoms with Crippen LogP contribution in [0.1, 0.15) is 26.8 Å². The zero-order chi connectivity index (χ0) is 22.5. The number of furan rings is 1. The molecule has 2 aromatic carbocycles. The summed E-state index contributed by atoms with van der Waals surface area (Å²) in [5.41, 5.74) is 1.48. The molecular formula is C23H19IN4O4. The molecule has 4 aromatic rings. The molecule has 0 aliphatic carbocycles. The molecule has 2 heterocycles. The largest absolute Gasteiger partial charge is 0.486 e. The first-order valence-corrected chi connectivity index (χ1v) is 10.7. The molecule has 0 unspecified atom stereocenters. The van der Waals surface area contributed by atoms with Gasteiger partial charge in [-0.2, -0.15) is 5.10 Å². The summed E-state index contributed by atoms with van der Waals surface area (Å²) >= 11 is 2.23. The van der Waals surface area contributed by atoms with Gasteiger partial charge in [0.2, 0.25) is 0 Å². The third-order valence-corrected chi connectivity index (χ3v) is 5.15. The van der Waals surface area contributed by atoms with Crippen LogP contribution in [0.15, 0.2) is 77.3 Å². The molecule has 162 valence electrons. The van der Waals surface area contributed by atoms with Gasteiger partial charge in [-0.05, 0) is 89.3 Å². The van der Waals surface area contributed by atoms with Crippen molar-refractivity contribution in [1.29, 1.82) is 0 Å². The summed E-state index contributed by atoms with van der Waals surface area (Å²) in [4.78, 5) is 24.6. The molecule has 8 nitrogen and oxygen atoms in total. The number of amides is 2. The third-order valence-electron chi connectivity index (χ3n) is 4.43. The fourth-order valence-corrected chi connectivity index (χ4v) is 3.18. The van der Waals surface area contributed by atoms with Gasteiger partial charge in [0.1, 0.15) is 18.1 Å². The second kappa shape index (κ2) is 9.69. The number of nitrogens with one attached hydrogen (secondary N) is 2. The van der Waals surface area contributed by atoms with Crippen LogP contribution in [0.25, 0.3) is 0 Å². The van der Waals surface area contributed by atoms with Gasteiger partial charge in [0.15, 0.2) is 11.5 Å². The van der Waals surface area contributed by atoms with Crippen LogP contribution < -0.4 is 15.4 Å². The van der Waals surface area contributed by atoms with Gasteiger partial charge in [-0.25, -0.2) is 0 Å². The number of rotatable bonds is 7. The Morgan fingerprint density at radius 1 is 0.938 bits per heavy atom. The van der Waals surface area contributed by atoms with E-state index in [-0.39, 0.29) is 24.2 Å². The number of carbonyl (C=O) groups is 2. The normalized spacial score (nSPS) is 10.6. The van der Waals surface area contributed by atoms with Gasteiger partial charge in [-0.15, -0.1) is 0 Å². The standard InChI is InChI=1S/C23H19IN4O4/c1-28-13-12-20(27-28)22(29)25-16-4-6-17(7-5-16)26-23(30)21-11-10-19(32-21)14-31-18-8-2-15(24)3-9-18/h2-13H,14H2,1H3,(H,25,29)(H,26,30). The third kappa shape index (κ3) is 5.55. The maximum absolute atomic E-state index is 12.5. The monoisotopic (exact) mass is 542 g/mol. The molecule has 9 heteroatoms. The van der Waals surface area contributed by atoms with Crippen molar-refractivity contribution in [2.75, 3.05) is 10.6 Å². The molecule has 0 bridgehead atoms. The Bertz CT molecular complexity index is 1230. The van der Waals surface area contributed by atoms with E-state index in [1.54, 1.807) is 60.4 Å². The molecule has 0 atom stereocenters. The van der Waals surface area contributed by atoms with Crippen molar-refractivity contribution in [3.05, 3.63) is 93.7 Å². The fourth-order valence-electron chi connectivity index (χ4n) is 2.82. The van der Waals surface area contributed by atoms with Crippen LogP contribution in [-0.2, 0) is 13.7 Å². The number of benzene rings is 2. The molecule has 0 radical (unpaired) electrons. The Labute approximate surface area is 197 Å². The van der Waals surface area contributed by atoms with E-state index in [1.807, 2.05) is 24.3 Å². The van der Waals surface area contributed by atoms with Crippen molar-refractivity contribution in [2.45, 2.75) is 6.61 Å². The number of aryl methyl sites for hydroxylation is 1. The lowest BCUT2D eigenvalue weighted by Gasteiger charge is -2.06. The number of hydrogen-bond donors (Lipinski definition) is 2. The van der Waals surface area contributed by atoms with Crippen molar-refractivity contribution in [3.63, 3.8) is 0 Å². The molecular weight excluding hydrogens is 523 g/mol. The van der Waals surface area contributed by atoms with E-state index in [2.05, 4.69) is 38.3 Å². The van der Waals surface area contributed by atoms with Crippen molar-refractivity contribution < 1.29 is 18.7 Å². The molecule has 32 heavy (non-hydrogen) atoms. The SMILES string of the molecule is Cn1ccc(C(=O)Nc2ccc(NC(=O)c3ccc(COc4ccc(I)cc4)o3)cc2)n1. The van der Waals surface area contributed by atoms with Crippen molar-refractivity contribution in [1.82, 2.24) is 9.78 Å². The number of carbonyl (C=O) groups excluding carboxylic acids is 2. The Balaban J connectivity index is 1.30. The summed E-state index contributed by atoms with van der Waals surface area (Å²) in [6.45, 7) is 0.221. The first-order chi connectivity index (χ1) is 15.5. The second-order valence-corrected chi connectivity index (χ2v) is 8.11. The molecule has 0 aliphatic rings. The van der Waals surface area contributed by atoms with Crippen molar-refractivity contribution in [3.8, 4) is 5.75 Å². The zero-order valence-corrected chi connectivity index (χ0v) is 19.2. The topological polar surface area (TPSA) is 98.4 Å². The predicted molar refractivity (Wildman–Crippen MR) is 128 cm³/mol. The van der Waals surface area contributed by atoms with Gasteiger partial charge in [-0.3, -0.25) is 14.3 Å². The molecule has 0 aliphatic heterocycles. The molecule has 2 N–H and O–H groups in total. The summed E-state index contributed by atoms with van der Waals surface area (Å²) in [6, 6.07) is 19.4. The highest BCUT2D eigenvalue weighted by atomic mass is 127. The van der Waals surface area contributed by atoms with Gasteiger partial charge in [0, 0.05) is 28.2 Å². The Morgan fingerprint density at radius 2 is 1.59 bits per heavy atom.